The molecule has 0 saturated carbocycles. The molecule has 0 aliphatic heterocycles. The van der Waals surface area contributed by atoms with Gasteiger partial charge in [0, 0.05) is 30.9 Å². The quantitative estimate of drug-likeness (QED) is 0.657. The van der Waals surface area contributed by atoms with Gasteiger partial charge in [-0.3, -0.25) is 18.9 Å². The zero-order valence-corrected chi connectivity index (χ0v) is 17.0. The number of carbonyl (C=O) groups excluding carboxylic acids is 1. The molecule has 0 saturated heterocycles. The molecule has 7 heteroatoms. The van der Waals surface area contributed by atoms with Gasteiger partial charge in [-0.05, 0) is 32.9 Å². The van der Waals surface area contributed by atoms with Crippen molar-refractivity contribution in [1.29, 1.82) is 0 Å². The minimum Gasteiger partial charge on any atom is -0.496 e. The van der Waals surface area contributed by atoms with Crippen LogP contribution in [0.15, 0.2) is 35.3 Å². The number of hydrogen-bond acceptors (Lipinski definition) is 4. The first-order valence-corrected chi connectivity index (χ1v) is 9.30. The maximum atomic E-state index is 12.8. The van der Waals surface area contributed by atoms with Crippen molar-refractivity contribution in [3.63, 3.8) is 0 Å². The molecule has 1 aromatic carbocycles. The smallest absolute Gasteiger partial charge is 0.329 e. The highest BCUT2D eigenvalue weighted by molar-refractivity contribution is 5.81. The SMILES string of the molecule is CCn1c(=O)n(CC(=O)N(C)Cc2ncc(C)c(OC)c2C)c2ccccc21. The van der Waals surface area contributed by atoms with E-state index < -0.39 is 0 Å². The Bertz CT molecular complexity index is 1080. The molecule has 7 nitrogen and oxygen atoms in total. The van der Waals surface area contributed by atoms with E-state index in [-0.39, 0.29) is 18.1 Å². The van der Waals surface area contributed by atoms with Crippen LogP contribution in [0, 0.1) is 13.8 Å². The zero-order chi connectivity index (χ0) is 20.4. The number of ether oxygens (including phenoxy) is 1. The molecule has 0 aliphatic rings. The van der Waals surface area contributed by atoms with Crippen LogP contribution in [-0.4, -0.2) is 39.1 Å². The van der Waals surface area contributed by atoms with Gasteiger partial charge in [-0.2, -0.15) is 0 Å². The van der Waals surface area contributed by atoms with Crippen LogP contribution in [0.3, 0.4) is 0 Å². The van der Waals surface area contributed by atoms with Gasteiger partial charge in [-0.15, -0.1) is 0 Å². The summed E-state index contributed by atoms with van der Waals surface area (Å²) in [5.74, 6) is 0.634. The minimum atomic E-state index is -0.170. The van der Waals surface area contributed by atoms with E-state index in [9.17, 15) is 9.59 Å². The van der Waals surface area contributed by atoms with Crippen molar-refractivity contribution < 1.29 is 9.53 Å². The van der Waals surface area contributed by atoms with Crippen molar-refractivity contribution in [2.45, 2.75) is 40.4 Å². The van der Waals surface area contributed by atoms with Crippen molar-refractivity contribution >= 4 is 16.9 Å². The normalized spacial score (nSPS) is 11.0. The highest BCUT2D eigenvalue weighted by Crippen LogP contribution is 2.24. The summed E-state index contributed by atoms with van der Waals surface area (Å²) in [6.07, 6.45) is 1.75. The van der Waals surface area contributed by atoms with Crippen LogP contribution >= 0.6 is 0 Å². The maximum Gasteiger partial charge on any atom is 0.329 e. The summed E-state index contributed by atoms with van der Waals surface area (Å²) in [4.78, 5) is 31.6. The Morgan fingerprint density at radius 1 is 1.18 bits per heavy atom. The fourth-order valence-electron chi connectivity index (χ4n) is 3.53. The standard InChI is InChI=1S/C21H26N4O3/c1-6-24-17-9-7-8-10-18(17)25(21(24)27)13-19(26)23(4)12-16-15(3)20(28-5)14(2)11-22-16/h7-11H,6,12-13H2,1-5H3. The summed E-state index contributed by atoms with van der Waals surface area (Å²) >= 11 is 0. The topological polar surface area (TPSA) is 69.4 Å². The Balaban J connectivity index is 1.86. The molecule has 3 aromatic rings. The van der Waals surface area contributed by atoms with Gasteiger partial charge in [-0.1, -0.05) is 12.1 Å². The first-order valence-electron chi connectivity index (χ1n) is 9.30. The summed E-state index contributed by atoms with van der Waals surface area (Å²) in [6, 6.07) is 7.53. The molecule has 148 valence electrons. The van der Waals surface area contributed by atoms with Gasteiger partial charge in [-0.25, -0.2) is 4.79 Å². The Morgan fingerprint density at radius 3 is 2.43 bits per heavy atom. The first kappa shape index (κ1) is 19.7. The predicted molar refractivity (Wildman–Crippen MR) is 109 cm³/mol. The lowest BCUT2D eigenvalue weighted by Crippen LogP contribution is -2.34. The molecule has 0 spiro atoms. The molecule has 0 bridgehead atoms. The fraction of sp³-hybridized carbons (Fsp3) is 0.381. The van der Waals surface area contributed by atoms with Crippen LogP contribution in [0.25, 0.3) is 11.0 Å². The Labute approximate surface area is 164 Å². The van der Waals surface area contributed by atoms with E-state index in [1.165, 1.54) is 4.57 Å². The van der Waals surface area contributed by atoms with E-state index in [1.807, 2.05) is 45.0 Å². The lowest BCUT2D eigenvalue weighted by atomic mass is 10.1. The highest BCUT2D eigenvalue weighted by Gasteiger charge is 2.18. The number of nitrogens with zero attached hydrogens (tertiary/aromatic N) is 4. The fourth-order valence-corrected chi connectivity index (χ4v) is 3.53. The average Bonchev–Trinajstić information content (AvgIpc) is 2.95. The van der Waals surface area contributed by atoms with Crippen molar-refractivity contribution in [3.05, 3.63) is 57.8 Å². The second kappa shape index (κ2) is 7.88. The second-order valence-electron chi connectivity index (χ2n) is 6.90. The van der Waals surface area contributed by atoms with Crippen molar-refractivity contribution in [3.8, 4) is 5.75 Å². The number of imidazole rings is 1. The van der Waals surface area contributed by atoms with Gasteiger partial charge >= 0.3 is 5.69 Å². The van der Waals surface area contributed by atoms with Crippen molar-refractivity contribution in [1.82, 2.24) is 19.0 Å². The Hall–Kier alpha value is -3.09. The largest absolute Gasteiger partial charge is 0.496 e. The molecular formula is C21H26N4O3. The van der Waals surface area contributed by atoms with E-state index >= 15 is 0 Å². The number of para-hydroxylation sites is 2. The monoisotopic (exact) mass is 382 g/mol. The number of rotatable bonds is 6. The number of benzene rings is 1. The molecule has 0 fully saturated rings. The molecule has 0 atom stereocenters. The zero-order valence-electron chi connectivity index (χ0n) is 17.0. The summed E-state index contributed by atoms with van der Waals surface area (Å²) in [6.45, 7) is 6.70. The third-order valence-corrected chi connectivity index (χ3v) is 5.10. The number of methoxy groups -OCH3 is 1. The second-order valence-corrected chi connectivity index (χ2v) is 6.90. The number of fused-ring (bicyclic) bond motifs is 1. The van der Waals surface area contributed by atoms with E-state index in [0.29, 0.717) is 13.1 Å². The number of likely N-dealkylation sites (N-methyl/N-ethyl adjacent to an activating group) is 1. The molecule has 0 N–H and O–H groups in total. The number of aromatic nitrogens is 3. The molecule has 28 heavy (non-hydrogen) atoms. The van der Waals surface area contributed by atoms with Crippen LogP contribution < -0.4 is 10.4 Å². The van der Waals surface area contributed by atoms with Gasteiger partial charge in [0.2, 0.25) is 5.91 Å². The summed E-state index contributed by atoms with van der Waals surface area (Å²) in [7, 11) is 3.35. The van der Waals surface area contributed by atoms with Crippen molar-refractivity contribution in [2.75, 3.05) is 14.2 Å². The minimum absolute atomic E-state index is 0.00904. The lowest BCUT2D eigenvalue weighted by molar-refractivity contribution is -0.131. The first-order chi connectivity index (χ1) is 13.4. The maximum absolute atomic E-state index is 12.8. The number of hydrogen-bond donors (Lipinski definition) is 0. The Morgan fingerprint density at radius 2 is 1.82 bits per heavy atom. The number of carbonyl (C=O) groups is 1. The summed E-state index contributed by atoms with van der Waals surface area (Å²) < 4.78 is 8.66. The number of amides is 1. The van der Waals surface area contributed by atoms with Crippen molar-refractivity contribution in [2.24, 2.45) is 0 Å². The molecule has 2 heterocycles. The van der Waals surface area contributed by atoms with Crippen LogP contribution in [-0.2, 0) is 24.4 Å². The van der Waals surface area contributed by atoms with E-state index in [0.717, 1.165) is 33.6 Å². The number of pyridine rings is 1. The molecule has 3 rings (SSSR count). The van der Waals surface area contributed by atoms with Gasteiger partial charge in [0.1, 0.15) is 12.3 Å². The van der Waals surface area contributed by atoms with Crippen LogP contribution in [0.1, 0.15) is 23.7 Å². The predicted octanol–water partition coefficient (Wildman–Crippen LogP) is 2.50. The van der Waals surface area contributed by atoms with Gasteiger partial charge in [0.15, 0.2) is 0 Å². The van der Waals surface area contributed by atoms with Gasteiger partial charge in [0.05, 0.1) is 30.4 Å². The number of aryl methyl sites for hydroxylation is 2. The summed E-state index contributed by atoms with van der Waals surface area (Å²) in [5.41, 5.74) is 4.09. The molecule has 0 aliphatic carbocycles. The third kappa shape index (κ3) is 3.40. The molecule has 2 aromatic heterocycles. The van der Waals surface area contributed by atoms with E-state index in [1.54, 1.807) is 29.8 Å². The van der Waals surface area contributed by atoms with E-state index in [4.69, 9.17) is 4.74 Å². The molecular weight excluding hydrogens is 356 g/mol. The summed E-state index contributed by atoms with van der Waals surface area (Å²) in [5, 5.41) is 0. The average molecular weight is 382 g/mol. The third-order valence-electron chi connectivity index (χ3n) is 5.10. The van der Waals surface area contributed by atoms with E-state index in [2.05, 4.69) is 4.98 Å². The van der Waals surface area contributed by atoms with Crippen LogP contribution in [0.5, 0.6) is 5.75 Å². The molecule has 0 unspecified atom stereocenters. The lowest BCUT2D eigenvalue weighted by Gasteiger charge is -2.19. The highest BCUT2D eigenvalue weighted by atomic mass is 16.5. The van der Waals surface area contributed by atoms with Gasteiger partial charge in [0.25, 0.3) is 0 Å². The van der Waals surface area contributed by atoms with Crippen LogP contribution in [0.4, 0.5) is 0 Å². The van der Waals surface area contributed by atoms with Gasteiger partial charge < -0.3 is 9.64 Å². The van der Waals surface area contributed by atoms with Crippen LogP contribution in [0.2, 0.25) is 0 Å². The molecule has 0 radical (unpaired) electrons. The Kier molecular flexibility index (Phi) is 5.53. The molecule has 1 amide bonds.